The Hall–Kier alpha value is -2.04. The average molecular weight is 290 g/mol. The van der Waals surface area contributed by atoms with E-state index in [0.717, 1.165) is 12.0 Å². The normalized spacial score (nSPS) is 22.0. The summed E-state index contributed by atoms with van der Waals surface area (Å²) in [5.41, 5.74) is 7.36. The third-order valence-electron chi connectivity index (χ3n) is 4.08. The summed E-state index contributed by atoms with van der Waals surface area (Å²) in [6.45, 7) is 2.57. The molecule has 2 atom stereocenters. The number of hydrogen-bond acceptors (Lipinski definition) is 3. The molecule has 21 heavy (non-hydrogen) atoms. The van der Waals surface area contributed by atoms with Crippen molar-refractivity contribution in [3.63, 3.8) is 0 Å². The number of benzene rings is 1. The van der Waals surface area contributed by atoms with Gasteiger partial charge in [-0.25, -0.2) is 4.79 Å². The number of nitrogens with zero attached hydrogens (tertiary/aromatic N) is 1. The first-order chi connectivity index (χ1) is 9.97. The van der Waals surface area contributed by atoms with Crippen LogP contribution in [-0.4, -0.2) is 34.5 Å². The molecular formula is C16H22N2O3. The molecule has 0 bridgehead atoms. The van der Waals surface area contributed by atoms with E-state index >= 15 is 0 Å². The molecule has 0 aromatic heterocycles. The fraction of sp³-hybridized carbons (Fsp3) is 0.500. The minimum Gasteiger partial charge on any atom is -0.480 e. The van der Waals surface area contributed by atoms with Gasteiger partial charge in [0.15, 0.2) is 0 Å². The fourth-order valence-corrected chi connectivity index (χ4v) is 2.75. The van der Waals surface area contributed by atoms with Gasteiger partial charge in [0.25, 0.3) is 0 Å². The van der Waals surface area contributed by atoms with Crippen LogP contribution in [0.25, 0.3) is 0 Å². The van der Waals surface area contributed by atoms with E-state index in [2.05, 4.69) is 0 Å². The second-order valence-corrected chi connectivity index (χ2v) is 5.81. The van der Waals surface area contributed by atoms with Gasteiger partial charge in [-0.2, -0.15) is 0 Å². The maximum atomic E-state index is 12.3. The van der Waals surface area contributed by atoms with E-state index in [4.69, 9.17) is 5.73 Å². The van der Waals surface area contributed by atoms with Crippen LogP contribution >= 0.6 is 0 Å². The molecule has 1 saturated heterocycles. The molecule has 5 heteroatoms. The number of carboxylic acids is 1. The van der Waals surface area contributed by atoms with Gasteiger partial charge >= 0.3 is 5.97 Å². The molecule has 3 N–H and O–H groups in total. The molecule has 5 nitrogen and oxygen atoms in total. The lowest BCUT2D eigenvalue weighted by atomic mass is 9.92. The van der Waals surface area contributed by atoms with Crippen molar-refractivity contribution < 1.29 is 14.7 Å². The number of carboxylic acid groups (broad SMARTS) is 1. The Bertz CT molecular complexity index is 513. The summed E-state index contributed by atoms with van der Waals surface area (Å²) in [4.78, 5) is 25.1. The highest BCUT2D eigenvalue weighted by molar-refractivity contribution is 5.84. The maximum absolute atomic E-state index is 12.3. The van der Waals surface area contributed by atoms with Crippen LogP contribution in [0, 0.1) is 5.92 Å². The van der Waals surface area contributed by atoms with E-state index < -0.39 is 12.0 Å². The molecule has 1 aromatic carbocycles. The highest BCUT2D eigenvalue weighted by atomic mass is 16.4. The summed E-state index contributed by atoms with van der Waals surface area (Å²) in [5.74, 6) is -0.624. The number of amides is 1. The molecule has 1 aliphatic rings. The van der Waals surface area contributed by atoms with Crippen LogP contribution < -0.4 is 5.73 Å². The van der Waals surface area contributed by atoms with Crippen LogP contribution in [0.2, 0.25) is 0 Å². The largest absolute Gasteiger partial charge is 0.480 e. The summed E-state index contributed by atoms with van der Waals surface area (Å²) < 4.78 is 0. The van der Waals surface area contributed by atoms with Crippen molar-refractivity contribution >= 4 is 17.6 Å². The molecule has 1 amide bonds. The van der Waals surface area contributed by atoms with Gasteiger partial charge in [0.05, 0.1) is 0 Å². The van der Waals surface area contributed by atoms with Crippen molar-refractivity contribution in [1.82, 2.24) is 4.90 Å². The van der Waals surface area contributed by atoms with Crippen LogP contribution in [0.1, 0.15) is 31.7 Å². The van der Waals surface area contributed by atoms with Crippen LogP contribution in [-0.2, 0) is 16.0 Å². The Morgan fingerprint density at radius 2 is 2.00 bits per heavy atom. The molecule has 1 fully saturated rings. The lowest BCUT2D eigenvalue weighted by molar-refractivity contribution is -0.153. The van der Waals surface area contributed by atoms with E-state index in [1.807, 2.05) is 31.2 Å². The van der Waals surface area contributed by atoms with Gasteiger partial charge in [0, 0.05) is 18.7 Å². The molecule has 1 aromatic rings. The topological polar surface area (TPSA) is 83.6 Å². The fourth-order valence-electron chi connectivity index (χ4n) is 2.75. The quantitative estimate of drug-likeness (QED) is 0.830. The number of rotatable bonds is 4. The molecule has 2 unspecified atom stereocenters. The second-order valence-electron chi connectivity index (χ2n) is 5.81. The van der Waals surface area contributed by atoms with Crippen LogP contribution in [0.5, 0.6) is 0 Å². The second kappa shape index (κ2) is 6.61. The average Bonchev–Trinajstić information content (AvgIpc) is 2.46. The number of anilines is 1. The highest BCUT2D eigenvalue weighted by Gasteiger charge is 2.34. The lowest BCUT2D eigenvalue weighted by Crippen LogP contribution is -2.49. The van der Waals surface area contributed by atoms with Crippen molar-refractivity contribution in [2.75, 3.05) is 12.3 Å². The molecule has 0 aliphatic carbocycles. The molecule has 0 saturated carbocycles. The summed E-state index contributed by atoms with van der Waals surface area (Å²) >= 11 is 0. The van der Waals surface area contributed by atoms with Gasteiger partial charge in [0.1, 0.15) is 6.04 Å². The molecule has 1 heterocycles. The number of nitrogens with two attached hydrogens (primary N) is 1. The zero-order valence-corrected chi connectivity index (χ0v) is 12.3. The lowest BCUT2D eigenvalue weighted by Gasteiger charge is -2.36. The van der Waals surface area contributed by atoms with Crippen molar-refractivity contribution in [3.8, 4) is 0 Å². The highest BCUT2D eigenvalue weighted by Crippen LogP contribution is 2.23. The minimum absolute atomic E-state index is 0.0777. The minimum atomic E-state index is -0.901. The van der Waals surface area contributed by atoms with Gasteiger partial charge in [-0.3, -0.25) is 4.79 Å². The number of carbonyl (C=O) groups excluding carboxylic acids is 1. The van der Waals surface area contributed by atoms with Crippen molar-refractivity contribution in [3.05, 3.63) is 29.8 Å². The molecule has 2 rings (SSSR count). The van der Waals surface area contributed by atoms with Gasteiger partial charge in [-0.1, -0.05) is 19.1 Å². The number of carbonyl (C=O) groups is 2. The van der Waals surface area contributed by atoms with Gasteiger partial charge in [-0.05, 0) is 42.9 Å². The number of piperidine rings is 1. The SMILES string of the molecule is CC1CCN(C(=O)CCc2ccc(N)cc2)C(C(=O)O)C1. The predicted octanol–water partition coefficient (Wildman–Crippen LogP) is 1.91. The Labute approximate surface area is 124 Å². The Balaban J connectivity index is 1.95. The number of aryl methyl sites for hydroxylation is 1. The monoisotopic (exact) mass is 290 g/mol. The van der Waals surface area contributed by atoms with Crippen LogP contribution in [0.15, 0.2) is 24.3 Å². The van der Waals surface area contributed by atoms with Crippen molar-refractivity contribution in [2.45, 2.75) is 38.6 Å². The number of hydrogen-bond donors (Lipinski definition) is 2. The number of nitrogen functional groups attached to an aromatic ring is 1. The summed E-state index contributed by atoms with van der Waals surface area (Å²) in [5, 5.41) is 9.28. The van der Waals surface area contributed by atoms with E-state index in [-0.39, 0.29) is 5.91 Å². The van der Waals surface area contributed by atoms with Crippen LogP contribution in [0.4, 0.5) is 5.69 Å². The summed E-state index contributed by atoms with van der Waals surface area (Å²) in [7, 11) is 0. The third-order valence-corrected chi connectivity index (χ3v) is 4.08. The van der Waals surface area contributed by atoms with Crippen LogP contribution in [0.3, 0.4) is 0 Å². The first kappa shape index (κ1) is 15.4. The zero-order valence-electron chi connectivity index (χ0n) is 12.3. The molecular weight excluding hydrogens is 268 g/mol. The third kappa shape index (κ3) is 3.97. The number of likely N-dealkylation sites (tertiary alicyclic amines) is 1. The maximum Gasteiger partial charge on any atom is 0.326 e. The summed E-state index contributed by atoms with van der Waals surface area (Å²) in [6, 6.07) is 6.74. The Morgan fingerprint density at radius 3 is 2.62 bits per heavy atom. The Morgan fingerprint density at radius 1 is 1.33 bits per heavy atom. The van der Waals surface area contributed by atoms with E-state index in [0.29, 0.717) is 37.4 Å². The zero-order chi connectivity index (χ0) is 15.4. The molecule has 0 spiro atoms. The van der Waals surface area contributed by atoms with Gasteiger partial charge in [-0.15, -0.1) is 0 Å². The standard InChI is InChI=1S/C16H22N2O3/c1-11-8-9-18(14(10-11)16(20)21)15(19)7-4-12-2-5-13(17)6-3-12/h2-3,5-6,11,14H,4,7-10,17H2,1H3,(H,20,21). The summed E-state index contributed by atoms with van der Waals surface area (Å²) in [6.07, 6.45) is 2.36. The molecule has 1 aliphatic heterocycles. The van der Waals surface area contributed by atoms with E-state index in [9.17, 15) is 14.7 Å². The van der Waals surface area contributed by atoms with Crippen molar-refractivity contribution in [1.29, 1.82) is 0 Å². The molecule has 114 valence electrons. The van der Waals surface area contributed by atoms with Crippen molar-refractivity contribution in [2.24, 2.45) is 5.92 Å². The van der Waals surface area contributed by atoms with E-state index in [1.165, 1.54) is 4.90 Å². The first-order valence-corrected chi connectivity index (χ1v) is 7.34. The first-order valence-electron chi connectivity index (χ1n) is 7.34. The Kier molecular flexibility index (Phi) is 4.83. The van der Waals surface area contributed by atoms with E-state index in [1.54, 1.807) is 0 Å². The van der Waals surface area contributed by atoms with Gasteiger partial charge < -0.3 is 15.7 Å². The predicted molar refractivity (Wildman–Crippen MR) is 80.7 cm³/mol. The smallest absolute Gasteiger partial charge is 0.326 e. The van der Waals surface area contributed by atoms with Gasteiger partial charge in [0.2, 0.25) is 5.91 Å². The molecule has 0 radical (unpaired) electrons. The number of aliphatic carboxylic acids is 1.